The molecule has 0 radical (unpaired) electrons. The average molecular weight is 448 g/mol. The molecule has 4 rings (SSSR count). The Morgan fingerprint density at radius 2 is 1.63 bits per heavy atom. The van der Waals surface area contributed by atoms with Crippen LogP contribution in [0.5, 0.6) is 0 Å². The van der Waals surface area contributed by atoms with Crippen LogP contribution in [0.15, 0.2) is 53.4 Å². The largest absolute Gasteiger partial charge is 0.369 e. The Morgan fingerprint density at radius 1 is 0.967 bits per heavy atom. The third kappa shape index (κ3) is 4.48. The number of halogens is 1. The van der Waals surface area contributed by atoms with Crippen molar-refractivity contribution < 1.29 is 13.2 Å². The van der Waals surface area contributed by atoms with Crippen molar-refractivity contribution in [1.29, 1.82) is 0 Å². The van der Waals surface area contributed by atoms with Crippen LogP contribution in [0.1, 0.15) is 36.0 Å². The molecule has 1 N–H and O–H groups in total. The smallest absolute Gasteiger partial charge is 0.253 e. The summed E-state index contributed by atoms with van der Waals surface area (Å²) in [4.78, 5) is 14.9. The summed E-state index contributed by atoms with van der Waals surface area (Å²) >= 11 is 6.22. The molecule has 30 heavy (non-hydrogen) atoms. The van der Waals surface area contributed by atoms with Crippen LogP contribution < -0.4 is 10.2 Å². The summed E-state index contributed by atoms with van der Waals surface area (Å²) in [5, 5.41) is 3.24. The molecule has 8 heteroatoms. The van der Waals surface area contributed by atoms with Crippen molar-refractivity contribution in [2.24, 2.45) is 0 Å². The van der Waals surface area contributed by atoms with Gasteiger partial charge in [0.1, 0.15) is 0 Å². The summed E-state index contributed by atoms with van der Waals surface area (Å²) in [5.41, 5.74) is 1.31. The minimum atomic E-state index is -3.70. The van der Waals surface area contributed by atoms with Gasteiger partial charge in [0.2, 0.25) is 10.0 Å². The highest BCUT2D eigenvalue weighted by Gasteiger charge is 2.30. The molecule has 0 bridgehead atoms. The van der Waals surface area contributed by atoms with E-state index in [-0.39, 0.29) is 27.4 Å². The SMILES string of the molecule is O=C(NC1CCCC1)c1cc(S(=O)(=O)N2CCN(c3ccccc3)CC2)ccc1Cl. The minimum absolute atomic E-state index is 0.108. The van der Waals surface area contributed by atoms with Crippen LogP contribution in [0.4, 0.5) is 5.69 Å². The van der Waals surface area contributed by atoms with Gasteiger partial charge in [0.25, 0.3) is 5.91 Å². The van der Waals surface area contributed by atoms with E-state index in [1.807, 2.05) is 30.3 Å². The standard InChI is InChI=1S/C22H26ClN3O3S/c23-21-11-10-19(16-20(21)22(27)24-17-6-4-5-7-17)30(28,29)26-14-12-25(13-15-26)18-8-2-1-3-9-18/h1-3,8-11,16-17H,4-7,12-15H2,(H,24,27). The first kappa shape index (κ1) is 21.2. The fourth-order valence-electron chi connectivity index (χ4n) is 4.15. The first-order valence-electron chi connectivity index (χ1n) is 10.4. The van der Waals surface area contributed by atoms with Crippen LogP contribution in [-0.4, -0.2) is 50.9 Å². The predicted molar refractivity (Wildman–Crippen MR) is 119 cm³/mol. The molecule has 160 valence electrons. The van der Waals surface area contributed by atoms with Crippen molar-refractivity contribution >= 4 is 33.2 Å². The molecule has 1 heterocycles. The fraction of sp³-hybridized carbons (Fsp3) is 0.409. The molecule has 0 unspecified atom stereocenters. The number of hydrogen-bond acceptors (Lipinski definition) is 4. The Morgan fingerprint density at radius 3 is 2.30 bits per heavy atom. The van der Waals surface area contributed by atoms with Gasteiger partial charge in [-0.25, -0.2) is 8.42 Å². The second-order valence-corrected chi connectivity index (χ2v) is 10.2. The molecular formula is C22H26ClN3O3S. The second-order valence-electron chi connectivity index (χ2n) is 7.82. The van der Waals surface area contributed by atoms with Crippen molar-refractivity contribution in [2.45, 2.75) is 36.6 Å². The lowest BCUT2D eigenvalue weighted by molar-refractivity contribution is 0.0938. The van der Waals surface area contributed by atoms with E-state index in [4.69, 9.17) is 11.6 Å². The molecule has 1 saturated heterocycles. The molecule has 2 aromatic carbocycles. The van der Waals surface area contributed by atoms with Crippen LogP contribution in [0.2, 0.25) is 5.02 Å². The van der Waals surface area contributed by atoms with Crippen molar-refractivity contribution in [3.63, 3.8) is 0 Å². The van der Waals surface area contributed by atoms with E-state index in [0.717, 1.165) is 31.4 Å². The van der Waals surface area contributed by atoms with Gasteiger partial charge in [-0.1, -0.05) is 42.6 Å². The number of anilines is 1. The maximum atomic E-state index is 13.2. The summed E-state index contributed by atoms with van der Waals surface area (Å²) in [7, 11) is -3.70. The van der Waals surface area contributed by atoms with Gasteiger partial charge < -0.3 is 10.2 Å². The number of benzene rings is 2. The summed E-state index contributed by atoms with van der Waals surface area (Å²) in [6.07, 6.45) is 4.10. The second kappa shape index (κ2) is 8.96. The molecule has 1 aliphatic carbocycles. The number of piperazine rings is 1. The highest BCUT2D eigenvalue weighted by Crippen LogP contribution is 2.26. The number of carbonyl (C=O) groups is 1. The molecule has 6 nitrogen and oxygen atoms in total. The number of nitrogens with one attached hydrogen (secondary N) is 1. The summed E-state index contributed by atoms with van der Waals surface area (Å²) in [6, 6.07) is 14.5. The molecular weight excluding hydrogens is 422 g/mol. The van der Waals surface area contributed by atoms with Gasteiger partial charge in [-0.15, -0.1) is 0 Å². The van der Waals surface area contributed by atoms with Crippen molar-refractivity contribution in [3.05, 3.63) is 59.1 Å². The Kier molecular flexibility index (Phi) is 6.32. The summed E-state index contributed by atoms with van der Waals surface area (Å²) in [6.45, 7) is 2.02. The van der Waals surface area contributed by atoms with E-state index < -0.39 is 10.0 Å². The highest BCUT2D eigenvalue weighted by atomic mass is 35.5. The van der Waals surface area contributed by atoms with Gasteiger partial charge in [0.15, 0.2) is 0 Å². The Bertz CT molecular complexity index is 1000. The lowest BCUT2D eigenvalue weighted by Gasteiger charge is -2.35. The van der Waals surface area contributed by atoms with Gasteiger partial charge in [0.05, 0.1) is 15.5 Å². The van der Waals surface area contributed by atoms with Crippen molar-refractivity contribution in [1.82, 2.24) is 9.62 Å². The monoisotopic (exact) mass is 447 g/mol. The van der Waals surface area contributed by atoms with Gasteiger partial charge in [-0.2, -0.15) is 4.31 Å². The van der Waals surface area contributed by atoms with E-state index in [9.17, 15) is 13.2 Å². The van der Waals surface area contributed by atoms with Crippen molar-refractivity contribution in [2.75, 3.05) is 31.1 Å². The third-order valence-electron chi connectivity index (χ3n) is 5.87. The third-order valence-corrected chi connectivity index (χ3v) is 8.09. The Balaban J connectivity index is 1.48. The molecule has 0 spiro atoms. The van der Waals surface area contributed by atoms with E-state index >= 15 is 0 Å². The topological polar surface area (TPSA) is 69.7 Å². The van der Waals surface area contributed by atoms with Crippen molar-refractivity contribution in [3.8, 4) is 0 Å². The lowest BCUT2D eigenvalue weighted by atomic mass is 10.2. The first-order chi connectivity index (χ1) is 14.4. The number of para-hydroxylation sites is 1. The van der Waals surface area contributed by atoms with Crippen LogP contribution in [0.3, 0.4) is 0 Å². The normalized spacial score (nSPS) is 18.5. The number of nitrogens with zero attached hydrogens (tertiary/aromatic N) is 2. The zero-order chi connectivity index (χ0) is 21.1. The fourth-order valence-corrected chi connectivity index (χ4v) is 5.80. The zero-order valence-electron chi connectivity index (χ0n) is 16.8. The summed E-state index contributed by atoms with van der Waals surface area (Å²) in [5.74, 6) is -0.308. The Labute approximate surface area is 182 Å². The maximum absolute atomic E-state index is 13.2. The van der Waals surface area contributed by atoms with E-state index in [1.54, 1.807) is 0 Å². The first-order valence-corrected chi connectivity index (χ1v) is 12.2. The maximum Gasteiger partial charge on any atom is 0.253 e. The Hall–Kier alpha value is -2.09. The molecule has 0 aromatic heterocycles. The van der Waals surface area contributed by atoms with Crippen LogP contribution in [-0.2, 0) is 10.0 Å². The molecule has 0 atom stereocenters. The van der Waals surface area contributed by atoms with E-state index in [0.29, 0.717) is 26.2 Å². The quantitative estimate of drug-likeness (QED) is 0.761. The van der Waals surface area contributed by atoms with Crippen LogP contribution in [0, 0.1) is 0 Å². The minimum Gasteiger partial charge on any atom is -0.369 e. The predicted octanol–water partition coefficient (Wildman–Crippen LogP) is 3.52. The molecule has 1 saturated carbocycles. The van der Waals surface area contributed by atoms with Gasteiger partial charge >= 0.3 is 0 Å². The number of amides is 1. The lowest BCUT2D eigenvalue weighted by Crippen LogP contribution is -2.48. The number of hydrogen-bond donors (Lipinski definition) is 1. The van der Waals surface area contributed by atoms with Crippen LogP contribution in [0.25, 0.3) is 0 Å². The highest BCUT2D eigenvalue weighted by molar-refractivity contribution is 7.89. The molecule has 1 aliphatic heterocycles. The number of sulfonamides is 1. The molecule has 2 fully saturated rings. The number of carbonyl (C=O) groups excluding carboxylic acids is 1. The van der Waals surface area contributed by atoms with Crippen LogP contribution >= 0.6 is 11.6 Å². The van der Waals surface area contributed by atoms with E-state index in [1.165, 1.54) is 22.5 Å². The van der Waals surface area contributed by atoms with Gasteiger partial charge in [-0.3, -0.25) is 4.79 Å². The number of rotatable bonds is 5. The molecule has 2 aliphatic rings. The average Bonchev–Trinajstić information content (AvgIpc) is 3.27. The van der Waals surface area contributed by atoms with E-state index in [2.05, 4.69) is 10.2 Å². The zero-order valence-corrected chi connectivity index (χ0v) is 18.3. The van der Waals surface area contributed by atoms with Gasteiger partial charge in [-0.05, 0) is 43.2 Å². The molecule has 1 amide bonds. The molecule has 2 aromatic rings. The van der Waals surface area contributed by atoms with Gasteiger partial charge in [0, 0.05) is 37.9 Å². The summed E-state index contributed by atoms with van der Waals surface area (Å²) < 4.78 is 27.9.